The number of hydrogen-bond acceptors (Lipinski definition) is 3. The van der Waals surface area contributed by atoms with Crippen molar-refractivity contribution in [2.24, 2.45) is 0 Å². The molecule has 0 N–H and O–H groups in total. The Balaban J connectivity index is 1.77. The van der Waals surface area contributed by atoms with E-state index in [0.29, 0.717) is 5.56 Å². The van der Waals surface area contributed by atoms with Gasteiger partial charge >= 0.3 is 5.97 Å². The SMILES string of the molecule is Cc1cc(C)n(-c2cccc(C(=O)OCc3ccccc3)c2)n1. The molecule has 0 unspecified atom stereocenters. The van der Waals surface area contributed by atoms with E-state index in [-0.39, 0.29) is 12.6 Å². The third-order valence-corrected chi connectivity index (χ3v) is 3.55. The fourth-order valence-electron chi connectivity index (χ4n) is 2.46. The number of esters is 1. The number of hydrogen-bond donors (Lipinski definition) is 0. The van der Waals surface area contributed by atoms with Crippen LogP contribution in [0.2, 0.25) is 0 Å². The Morgan fingerprint density at radius 3 is 2.52 bits per heavy atom. The number of ether oxygens (including phenoxy) is 1. The van der Waals surface area contributed by atoms with Crippen LogP contribution in [0.5, 0.6) is 0 Å². The van der Waals surface area contributed by atoms with Crippen LogP contribution < -0.4 is 0 Å². The van der Waals surface area contributed by atoms with Crippen LogP contribution in [-0.2, 0) is 11.3 Å². The molecule has 1 aromatic heterocycles. The first-order valence-corrected chi connectivity index (χ1v) is 7.48. The largest absolute Gasteiger partial charge is 0.457 e. The van der Waals surface area contributed by atoms with E-state index in [2.05, 4.69) is 5.10 Å². The molecule has 23 heavy (non-hydrogen) atoms. The van der Waals surface area contributed by atoms with E-state index >= 15 is 0 Å². The second kappa shape index (κ2) is 6.48. The van der Waals surface area contributed by atoms with Gasteiger partial charge in [0.15, 0.2) is 0 Å². The van der Waals surface area contributed by atoms with Crippen LogP contribution >= 0.6 is 0 Å². The quantitative estimate of drug-likeness (QED) is 0.688. The van der Waals surface area contributed by atoms with Gasteiger partial charge in [0.05, 0.1) is 16.9 Å². The molecule has 0 bridgehead atoms. The van der Waals surface area contributed by atoms with Crippen molar-refractivity contribution in [1.82, 2.24) is 9.78 Å². The molecule has 0 aliphatic carbocycles. The van der Waals surface area contributed by atoms with Crippen LogP contribution in [0, 0.1) is 13.8 Å². The van der Waals surface area contributed by atoms with Gasteiger partial charge in [0, 0.05) is 5.69 Å². The lowest BCUT2D eigenvalue weighted by Crippen LogP contribution is -2.07. The zero-order valence-corrected chi connectivity index (χ0v) is 13.2. The molecular formula is C19H18N2O2. The van der Waals surface area contributed by atoms with Crippen molar-refractivity contribution in [3.8, 4) is 5.69 Å². The number of nitrogens with zero attached hydrogens (tertiary/aromatic N) is 2. The first-order valence-electron chi connectivity index (χ1n) is 7.48. The maximum absolute atomic E-state index is 12.2. The molecule has 0 fully saturated rings. The molecule has 0 amide bonds. The Bertz CT molecular complexity index is 822. The molecule has 4 heteroatoms. The standard InChI is InChI=1S/C19H18N2O2/c1-14-11-15(2)21(20-14)18-10-6-9-17(12-18)19(22)23-13-16-7-4-3-5-8-16/h3-12H,13H2,1-2H3. The summed E-state index contributed by atoms with van der Waals surface area (Å²) in [5, 5.41) is 4.44. The highest BCUT2D eigenvalue weighted by atomic mass is 16.5. The topological polar surface area (TPSA) is 44.1 Å². The molecule has 1 heterocycles. The number of rotatable bonds is 4. The first kappa shape index (κ1) is 15.0. The van der Waals surface area contributed by atoms with Gasteiger partial charge in [-0.2, -0.15) is 5.10 Å². The molecule has 3 rings (SSSR count). The van der Waals surface area contributed by atoms with Crippen molar-refractivity contribution in [2.45, 2.75) is 20.5 Å². The Morgan fingerprint density at radius 2 is 1.83 bits per heavy atom. The summed E-state index contributed by atoms with van der Waals surface area (Å²) in [7, 11) is 0. The van der Waals surface area contributed by atoms with Crippen LogP contribution in [-0.4, -0.2) is 15.7 Å². The summed E-state index contributed by atoms with van der Waals surface area (Å²) in [6.07, 6.45) is 0. The zero-order valence-electron chi connectivity index (χ0n) is 13.2. The van der Waals surface area contributed by atoms with Gasteiger partial charge in [-0.25, -0.2) is 9.48 Å². The average Bonchev–Trinajstić information content (AvgIpc) is 2.92. The fourth-order valence-corrected chi connectivity index (χ4v) is 2.46. The fraction of sp³-hybridized carbons (Fsp3) is 0.158. The van der Waals surface area contributed by atoms with Crippen molar-refractivity contribution in [3.05, 3.63) is 83.2 Å². The van der Waals surface area contributed by atoms with Crippen LogP contribution in [0.3, 0.4) is 0 Å². The molecule has 0 aliphatic heterocycles. The van der Waals surface area contributed by atoms with Gasteiger partial charge in [0.2, 0.25) is 0 Å². The van der Waals surface area contributed by atoms with Gasteiger partial charge in [-0.3, -0.25) is 0 Å². The highest BCUT2D eigenvalue weighted by Crippen LogP contribution is 2.15. The van der Waals surface area contributed by atoms with Crippen LogP contribution in [0.4, 0.5) is 0 Å². The third kappa shape index (κ3) is 3.48. The summed E-state index contributed by atoms with van der Waals surface area (Å²) in [5.74, 6) is -0.336. The van der Waals surface area contributed by atoms with Crippen LogP contribution in [0.1, 0.15) is 27.3 Å². The van der Waals surface area contributed by atoms with E-state index in [1.54, 1.807) is 12.1 Å². The first-order chi connectivity index (χ1) is 11.1. The minimum Gasteiger partial charge on any atom is -0.457 e. The predicted molar refractivity (Wildman–Crippen MR) is 88.6 cm³/mol. The molecule has 4 nitrogen and oxygen atoms in total. The lowest BCUT2D eigenvalue weighted by Gasteiger charge is -2.08. The van der Waals surface area contributed by atoms with E-state index in [1.807, 2.05) is 67.1 Å². The number of carbonyl (C=O) groups excluding carboxylic acids is 1. The van der Waals surface area contributed by atoms with Crippen LogP contribution in [0.15, 0.2) is 60.7 Å². The van der Waals surface area contributed by atoms with E-state index in [9.17, 15) is 4.79 Å². The summed E-state index contributed by atoms with van der Waals surface area (Å²) in [6.45, 7) is 4.20. The number of aromatic nitrogens is 2. The monoisotopic (exact) mass is 306 g/mol. The Hall–Kier alpha value is -2.88. The number of benzene rings is 2. The third-order valence-electron chi connectivity index (χ3n) is 3.55. The minimum atomic E-state index is -0.336. The molecule has 0 saturated carbocycles. The molecule has 0 saturated heterocycles. The van der Waals surface area contributed by atoms with Crippen molar-refractivity contribution in [1.29, 1.82) is 0 Å². The van der Waals surface area contributed by atoms with Gasteiger partial charge in [-0.15, -0.1) is 0 Å². The van der Waals surface area contributed by atoms with Crippen molar-refractivity contribution >= 4 is 5.97 Å². The molecule has 0 radical (unpaired) electrons. The molecular weight excluding hydrogens is 288 g/mol. The predicted octanol–water partition coefficient (Wildman–Crippen LogP) is 3.85. The van der Waals surface area contributed by atoms with E-state index in [1.165, 1.54) is 0 Å². The van der Waals surface area contributed by atoms with Gasteiger partial charge in [-0.05, 0) is 43.7 Å². The van der Waals surface area contributed by atoms with Crippen molar-refractivity contribution in [3.63, 3.8) is 0 Å². The maximum atomic E-state index is 12.2. The van der Waals surface area contributed by atoms with Gasteiger partial charge < -0.3 is 4.74 Å². The highest BCUT2D eigenvalue weighted by Gasteiger charge is 2.10. The van der Waals surface area contributed by atoms with Gasteiger partial charge in [0.1, 0.15) is 6.61 Å². The number of carbonyl (C=O) groups is 1. The number of aryl methyl sites for hydroxylation is 2. The van der Waals surface area contributed by atoms with E-state index in [4.69, 9.17) is 4.74 Å². The van der Waals surface area contributed by atoms with Crippen LogP contribution in [0.25, 0.3) is 5.69 Å². The normalized spacial score (nSPS) is 10.5. The second-order valence-corrected chi connectivity index (χ2v) is 5.45. The second-order valence-electron chi connectivity index (χ2n) is 5.45. The molecule has 0 atom stereocenters. The van der Waals surface area contributed by atoms with Gasteiger partial charge in [0.25, 0.3) is 0 Å². The molecule has 0 aliphatic rings. The average molecular weight is 306 g/mol. The Labute approximate surface area is 135 Å². The maximum Gasteiger partial charge on any atom is 0.338 e. The summed E-state index contributed by atoms with van der Waals surface area (Å²) in [4.78, 5) is 12.2. The lowest BCUT2D eigenvalue weighted by molar-refractivity contribution is 0.0472. The molecule has 116 valence electrons. The lowest BCUT2D eigenvalue weighted by atomic mass is 10.2. The Morgan fingerprint density at radius 1 is 1.04 bits per heavy atom. The molecule has 3 aromatic rings. The summed E-state index contributed by atoms with van der Waals surface area (Å²) >= 11 is 0. The highest BCUT2D eigenvalue weighted by molar-refractivity contribution is 5.90. The van der Waals surface area contributed by atoms with Gasteiger partial charge in [-0.1, -0.05) is 36.4 Å². The molecule has 2 aromatic carbocycles. The zero-order chi connectivity index (χ0) is 16.2. The van der Waals surface area contributed by atoms with Crippen molar-refractivity contribution < 1.29 is 9.53 Å². The molecule has 0 spiro atoms. The summed E-state index contributed by atoms with van der Waals surface area (Å²) in [6, 6.07) is 19.0. The van der Waals surface area contributed by atoms with E-state index < -0.39 is 0 Å². The Kier molecular flexibility index (Phi) is 4.24. The smallest absolute Gasteiger partial charge is 0.338 e. The summed E-state index contributed by atoms with van der Waals surface area (Å²) < 4.78 is 7.19. The summed E-state index contributed by atoms with van der Waals surface area (Å²) in [5.41, 5.74) is 4.31. The van der Waals surface area contributed by atoms with E-state index in [0.717, 1.165) is 22.6 Å². The van der Waals surface area contributed by atoms with Crippen molar-refractivity contribution in [2.75, 3.05) is 0 Å². The minimum absolute atomic E-state index is 0.268.